The average molecular weight is 642 g/mol. The third-order valence-corrected chi connectivity index (χ3v) is 10.6. The van der Waals surface area contributed by atoms with E-state index in [1.54, 1.807) is 22.0 Å². The average Bonchev–Trinajstić information content (AvgIpc) is 3.31. The number of aryl methyl sites for hydroxylation is 2. The summed E-state index contributed by atoms with van der Waals surface area (Å²) >= 11 is 0. The Labute approximate surface area is 276 Å². The van der Waals surface area contributed by atoms with Gasteiger partial charge in [0.2, 0.25) is 17.7 Å². The molecule has 11 nitrogen and oxygen atoms in total. The Kier molecular flexibility index (Phi) is 9.43. The fourth-order valence-electron chi connectivity index (χ4n) is 7.93. The number of hydrogen-bond donors (Lipinski definition) is 2. The number of Topliss-reactive ketones (excluding diaryl/α,β-unsaturated/α-hetero) is 1. The lowest BCUT2D eigenvalue weighted by Crippen LogP contribution is -2.49. The molecule has 47 heavy (non-hydrogen) atoms. The zero-order chi connectivity index (χ0) is 33.3. The number of benzene rings is 1. The Bertz CT molecular complexity index is 1680. The van der Waals surface area contributed by atoms with E-state index >= 15 is 0 Å². The van der Waals surface area contributed by atoms with Gasteiger partial charge < -0.3 is 15.5 Å². The molecule has 250 valence electrons. The molecule has 0 radical (unpaired) electrons. The van der Waals surface area contributed by atoms with Crippen molar-refractivity contribution in [1.29, 1.82) is 0 Å². The molecule has 0 unspecified atom stereocenters. The van der Waals surface area contributed by atoms with E-state index in [-0.39, 0.29) is 47.4 Å². The Morgan fingerprint density at radius 2 is 1.79 bits per heavy atom. The minimum absolute atomic E-state index is 0.0264. The van der Waals surface area contributed by atoms with Gasteiger partial charge in [0.15, 0.2) is 5.78 Å². The highest BCUT2D eigenvalue weighted by Gasteiger charge is 2.72. The minimum atomic E-state index is -0.622. The van der Waals surface area contributed by atoms with Gasteiger partial charge in [0.1, 0.15) is 24.1 Å². The lowest BCUT2D eigenvalue weighted by Gasteiger charge is -2.28. The van der Waals surface area contributed by atoms with Crippen LogP contribution in [0.2, 0.25) is 0 Å². The van der Waals surface area contributed by atoms with Crippen molar-refractivity contribution >= 4 is 34.4 Å². The predicted octanol–water partition coefficient (Wildman–Crippen LogP) is 4.54. The van der Waals surface area contributed by atoms with Crippen molar-refractivity contribution in [3.8, 4) is 11.1 Å². The summed E-state index contributed by atoms with van der Waals surface area (Å²) in [4.78, 5) is 64.4. The maximum Gasteiger partial charge on any atom is 0.245 e. The summed E-state index contributed by atoms with van der Waals surface area (Å²) in [5.41, 5.74) is 3.48. The van der Waals surface area contributed by atoms with Gasteiger partial charge in [-0.3, -0.25) is 23.9 Å². The van der Waals surface area contributed by atoms with E-state index in [9.17, 15) is 19.2 Å². The highest BCUT2D eigenvalue weighted by Crippen LogP contribution is 2.64. The number of ketones is 1. The Balaban J connectivity index is 1.41. The number of piperidine rings is 1. The first-order chi connectivity index (χ1) is 22.6. The highest BCUT2D eigenvalue weighted by molar-refractivity contribution is 6.07. The molecular weight excluding hydrogens is 594 g/mol. The second-order valence-electron chi connectivity index (χ2n) is 13.8. The number of amides is 3. The maximum atomic E-state index is 14.4. The number of hydrogen-bond acceptors (Lipinski definition) is 7. The van der Waals surface area contributed by atoms with Gasteiger partial charge in [0.25, 0.3) is 0 Å². The smallest absolute Gasteiger partial charge is 0.245 e. The molecule has 2 aliphatic heterocycles. The molecular formula is C36H47N7O4. The monoisotopic (exact) mass is 641 g/mol. The summed E-state index contributed by atoms with van der Waals surface area (Å²) in [6.45, 7) is 8.50. The molecule has 3 aliphatic rings. The van der Waals surface area contributed by atoms with Gasteiger partial charge in [-0.1, -0.05) is 39.5 Å². The van der Waals surface area contributed by atoms with Gasteiger partial charge in [-0.05, 0) is 68.2 Å². The van der Waals surface area contributed by atoms with Gasteiger partial charge in [-0.25, -0.2) is 9.97 Å². The summed E-state index contributed by atoms with van der Waals surface area (Å²) in [7, 11) is 0. The minimum Gasteiger partial charge on any atom is -0.355 e. The zero-order valence-electron chi connectivity index (χ0n) is 28.1. The second kappa shape index (κ2) is 13.5. The molecule has 11 heteroatoms. The zero-order valence-corrected chi connectivity index (χ0v) is 28.1. The summed E-state index contributed by atoms with van der Waals surface area (Å²) in [6, 6.07) is 3.27. The van der Waals surface area contributed by atoms with Gasteiger partial charge in [-0.2, -0.15) is 5.10 Å². The molecule has 4 atom stereocenters. The summed E-state index contributed by atoms with van der Waals surface area (Å²) < 4.78 is 1.68. The summed E-state index contributed by atoms with van der Waals surface area (Å²) in [5.74, 6) is 0.321. The lowest BCUT2D eigenvalue weighted by atomic mass is 9.95. The van der Waals surface area contributed by atoms with Crippen LogP contribution >= 0.6 is 0 Å². The molecule has 2 bridgehead atoms. The van der Waals surface area contributed by atoms with Gasteiger partial charge >= 0.3 is 0 Å². The van der Waals surface area contributed by atoms with Crippen molar-refractivity contribution in [2.75, 3.05) is 13.1 Å². The van der Waals surface area contributed by atoms with E-state index in [2.05, 4.69) is 40.5 Å². The number of rotatable bonds is 7. The molecule has 2 N–H and O–H groups in total. The fourth-order valence-corrected chi connectivity index (χ4v) is 7.93. The summed E-state index contributed by atoms with van der Waals surface area (Å²) in [6.07, 6.45) is 11.8. The van der Waals surface area contributed by atoms with Crippen LogP contribution in [-0.2, 0) is 27.3 Å². The molecule has 3 amide bonds. The Hall–Kier alpha value is -4.15. The molecule has 0 spiro atoms. The summed E-state index contributed by atoms with van der Waals surface area (Å²) in [5, 5.41) is 11.7. The Morgan fingerprint density at radius 3 is 2.51 bits per heavy atom. The van der Waals surface area contributed by atoms with Gasteiger partial charge in [-0.15, -0.1) is 0 Å². The molecule has 2 fully saturated rings. The molecule has 4 heterocycles. The normalized spacial score (nSPS) is 24.9. The van der Waals surface area contributed by atoms with Gasteiger partial charge in [0, 0.05) is 61.2 Å². The Morgan fingerprint density at radius 1 is 1.04 bits per heavy atom. The van der Waals surface area contributed by atoms with Crippen molar-refractivity contribution in [2.24, 2.45) is 11.3 Å². The van der Waals surface area contributed by atoms with E-state index in [0.717, 1.165) is 73.6 Å². The molecule has 1 saturated carbocycles. The van der Waals surface area contributed by atoms with Crippen LogP contribution in [0.4, 0.5) is 0 Å². The van der Waals surface area contributed by atoms with E-state index in [4.69, 9.17) is 5.10 Å². The van der Waals surface area contributed by atoms with Crippen molar-refractivity contribution in [3.63, 3.8) is 0 Å². The number of unbranched alkanes of at least 4 members (excludes halogenated alkanes) is 2. The van der Waals surface area contributed by atoms with E-state index in [1.165, 1.54) is 6.92 Å². The molecule has 1 aromatic carbocycles. The highest BCUT2D eigenvalue weighted by atomic mass is 16.2. The molecule has 1 saturated heterocycles. The third-order valence-electron chi connectivity index (χ3n) is 10.6. The number of nitrogens with zero attached hydrogens (tertiary/aromatic N) is 5. The second-order valence-corrected chi connectivity index (χ2v) is 13.8. The molecule has 6 rings (SSSR count). The first-order valence-corrected chi connectivity index (χ1v) is 17.3. The van der Waals surface area contributed by atoms with E-state index in [0.29, 0.717) is 42.8 Å². The van der Waals surface area contributed by atoms with Crippen LogP contribution in [-0.4, -0.2) is 73.3 Å². The van der Waals surface area contributed by atoms with E-state index in [1.807, 2.05) is 13.0 Å². The standard InChI is InChI=1S/C36H47N7O4/c1-5-6-11-14-37-35(47)29-17-36-21-40-30(45)13-10-8-7-9-12-25-15-26(27-18-38-24(4)39-19-27)16-28-32(23(3)44)41-42(33(25)28)20-31(46)43(29)34(36)22(36)2/h15-16,18-19,22,29,34H,5-14,17,20-21H2,1-4H3,(H,37,47)(H,40,45)/t22-,29-,34+,36+/m0/s1. The first-order valence-electron chi connectivity index (χ1n) is 17.3. The first kappa shape index (κ1) is 32.8. The van der Waals surface area contributed by atoms with Crippen molar-refractivity contribution < 1.29 is 19.2 Å². The van der Waals surface area contributed by atoms with Crippen LogP contribution in [0.5, 0.6) is 0 Å². The van der Waals surface area contributed by atoms with Crippen LogP contribution < -0.4 is 10.6 Å². The SMILES string of the molecule is CCCCCNC(=O)[C@@H]1C[C@]23CNC(=O)CCCCCCc4cc(-c5cnc(C)nc5)cc5c(C(C)=O)nn(c45)CC(=O)N1[C@@H]2[C@@H]3C. The lowest BCUT2D eigenvalue weighted by molar-refractivity contribution is -0.140. The van der Waals surface area contributed by atoms with Crippen molar-refractivity contribution in [3.05, 3.63) is 41.6 Å². The van der Waals surface area contributed by atoms with Crippen molar-refractivity contribution in [2.45, 2.75) is 111 Å². The number of carbonyl (C=O) groups is 4. The van der Waals surface area contributed by atoms with E-state index < -0.39 is 6.04 Å². The fraction of sp³-hybridized carbons (Fsp3) is 0.583. The van der Waals surface area contributed by atoms with Crippen LogP contribution in [0, 0.1) is 18.3 Å². The van der Waals surface area contributed by atoms with Crippen LogP contribution in [0.3, 0.4) is 0 Å². The molecule has 2 aromatic heterocycles. The number of nitrogens with one attached hydrogen (secondary N) is 2. The van der Waals surface area contributed by atoms with Crippen molar-refractivity contribution in [1.82, 2.24) is 35.3 Å². The number of aromatic nitrogens is 4. The largest absolute Gasteiger partial charge is 0.355 e. The quantitative estimate of drug-likeness (QED) is 0.285. The van der Waals surface area contributed by atoms with Crippen LogP contribution in [0.15, 0.2) is 24.5 Å². The third kappa shape index (κ3) is 6.41. The van der Waals surface area contributed by atoms with Gasteiger partial charge in [0.05, 0.1) is 5.52 Å². The van der Waals surface area contributed by atoms with Crippen LogP contribution in [0.25, 0.3) is 22.0 Å². The topological polar surface area (TPSA) is 139 Å². The predicted molar refractivity (Wildman–Crippen MR) is 178 cm³/mol. The van der Waals surface area contributed by atoms with Crippen LogP contribution in [0.1, 0.15) is 100 Å². The number of carbonyl (C=O) groups excluding carboxylic acids is 4. The molecule has 3 aromatic rings. The maximum absolute atomic E-state index is 14.4. The molecule has 1 aliphatic carbocycles.